The third-order valence-corrected chi connectivity index (χ3v) is 16.3. The van der Waals surface area contributed by atoms with Crippen LogP contribution in [0.5, 0.6) is 0 Å². The molecule has 0 fully saturated rings. The molecule has 2 atom stereocenters. The van der Waals surface area contributed by atoms with Gasteiger partial charge in [-0.1, -0.05) is 332 Å². The van der Waals surface area contributed by atoms with Crippen molar-refractivity contribution in [2.75, 3.05) is 47.5 Å². The number of carboxylic acid groups (broad SMARTS) is 1. The third-order valence-electron chi connectivity index (χ3n) is 16.3. The summed E-state index contributed by atoms with van der Waals surface area (Å²) in [6.07, 6.45) is 108. The van der Waals surface area contributed by atoms with Crippen LogP contribution in [0.4, 0.5) is 0 Å². The average Bonchev–Trinajstić information content (AvgIpc) is 3.54. The van der Waals surface area contributed by atoms with Crippen LogP contribution in [0.2, 0.25) is 0 Å². The molecular formula is C86H144NO8+. The number of hydrogen-bond acceptors (Lipinski definition) is 7. The van der Waals surface area contributed by atoms with Crippen LogP contribution in [-0.4, -0.2) is 87.4 Å². The number of carbonyl (C=O) groups is 3. The van der Waals surface area contributed by atoms with Gasteiger partial charge in [-0.15, -0.1) is 0 Å². The predicted molar refractivity (Wildman–Crippen MR) is 410 cm³/mol. The number of likely N-dealkylation sites (N-methyl/N-ethyl adjacent to an activating group) is 1. The van der Waals surface area contributed by atoms with Gasteiger partial charge in [0.15, 0.2) is 6.10 Å². The molecule has 540 valence electrons. The van der Waals surface area contributed by atoms with Crippen LogP contribution in [0, 0.1) is 0 Å². The lowest BCUT2D eigenvalue weighted by Crippen LogP contribution is -2.40. The molecule has 0 saturated heterocycles. The Hall–Kier alpha value is -5.09. The smallest absolute Gasteiger partial charge is 0.361 e. The van der Waals surface area contributed by atoms with Gasteiger partial charge in [-0.25, -0.2) is 4.79 Å². The Balaban J connectivity index is 4.08. The summed E-state index contributed by atoms with van der Waals surface area (Å²) in [5.41, 5.74) is 0. The number of aliphatic carboxylic acids is 1. The molecule has 0 rings (SSSR count). The van der Waals surface area contributed by atoms with E-state index in [9.17, 15) is 19.5 Å². The minimum absolute atomic E-state index is 0.182. The molecule has 95 heavy (non-hydrogen) atoms. The molecule has 0 aromatic heterocycles. The van der Waals surface area contributed by atoms with Crippen LogP contribution in [0.1, 0.15) is 309 Å². The number of allylic oxidation sites excluding steroid dienone is 26. The Kier molecular flexibility index (Phi) is 70.7. The van der Waals surface area contributed by atoms with Gasteiger partial charge >= 0.3 is 17.9 Å². The number of nitrogens with zero attached hydrogens (tertiary/aromatic N) is 1. The monoisotopic (exact) mass is 1320 g/mol. The number of carbonyl (C=O) groups excluding carboxylic acids is 2. The second-order valence-electron chi connectivity index (χ2n) is 26.6. The first kappa shape index (κ1) is 89.9. The Bertz CT molecular complexity index is 2130. The lowest BCUT2D eigenvalue weighted by molar-refractivity contribution is -0.870. The van der Waals surface area contributed by atoms with Crippen molar-refractivity contribution in [2.45, 2.75) is 322 Å². The van der Waals surface area contributed by atoms with Crippen LogP contribution < -0.4 is 0 Å². The van der Waals surface area contributed by atoms with Gasteiger partial charge in [-0.3, -0.25) is 9.59 Å². The van der Waals surface area contributed by atoms with Crippen molar-refractivity contribution in [2.24, 2.45) is 0 Å². The van der Waals surface area contributed by atoms with Crippen LogP contribution >= 0.6 is 0 Å². The zero-order valence-electron chi connectivity index (χ0n) is 61.8. The molecule has 0 amide bonds. The first-order valence-corrected chi connectivity index (χ1v) is 38.6. The number of esters is 2. The number of quaternary nitrogens is 1. The van der Waals surface area contributed by atoms with Crippen LogP contribution in [-0.2, 0) is 33.3 Å². The summed E-state index contributed by atoms with van der Waals surface area (Å²) >= 11 is 0. The van der Waals surface area contributed by atoms with E-state index in [1.54, 1.807) is 0 Å². The summed E-state index contributed by atoms with van der Waals surface area (Å²) in [6, 6.07) is 0. The molecule has 0 aliphatic carbocycles. The fourth-order valence-corrected chi connectivity index (χ4v) is 10.5. The molecule has 0 spiro atoms. The highest BCUT2D eigenvalue weighted by Crippen LogP contribution is 2.18. The first-order chi connectivity index (χ1) is 46.6. The minimum atomic E-state index is -1.52. The van der Waals surface area contributed by atoms with Gasteiger partial charge in [0.1, 0.15) is 13.2 Å². The molecule has 0 bridgehead atoms. The van der Waals surface area contributed by atoms with Gasteiger partial charge in [-0.2, -0.15) is 0 Å². The summed E-state index contributed by atoms with van der Waals surface area (Å²) in [7, 11) is 5.98. The molecular weight excluding hydrogens is 1170 g/mol. The van der Waals surface area contributed by atoms with E-state index >= 15 is 0 Å². The number of rotatable bonds is 70. The average molecular weight is 1320 g/mol. The maximum absolute atomic E-state index is 13.0. The third kappa shape index (κ3) is 76.1. The van der Waals surface area contributed by atoms with Gasteiger partial charge in [0.25, 0.3) is 6.29 Å². The van der Waals surface area contributed by atoms with Crippen LogP contribution in [0.3, 0.4) is 0 Å². The molecule has 0 aliphatic heterocycles. The second-order valence-corrected chi connectivity index (χ2v) is 26.6. The molecule has 0 radical (unpaired) electrons. The van der Waals surface area contributed by atoms with Crippen LogP contribution in [0.15, 0.2) is 158 Å². The van der Waals surface area contributed by atoms with E-state index in [0.717, 1.165) is 122 Å². The first-order valence-electron chi connectivity index (χ1n) is 38.6. The summed E-state index contributed by atoms with van der Waals surface area (Å²) in [5, 5.41) is 9.77. The summed E-state index contributed by atoms with van der Waals surface area (Å²) in [5.74, 6) is -2.00. The van der Waals surface area contributed by atoms with E-state index in [4.69, 9.17) is 18.9 Å². The highest BCUT2D eigenvalue weighted by atomic mass is 16.7. The second kappa shape index (κ2) is 74.7. The Labute approximate surface area is 584 Å². The number of hydrogen-bond donors (Lipinski definition) is 1. The standard InChI is InChI=1S/C86H143NO8/c1-6-8-10-12-14-16-18-20-22-24-26-28-30-32-34-36-37-38-39-40-41-42-43-44-45-46-47-49-51-53-55-57-59-61-63-65-67-69-71-73-75-77-84(89)95-82(81-94-86(85(90)91)92-79-78-87(3,4)5)80-93-83(88)76-74-72-70-68-66-64-62-60-58-56-54-52-50-48-35-33-31-29-27-25-23-21-19-17-15-13-11-9-7-2/h8-11,14-17,20-23,26-29,32,34,37-38,40-41,43-44,46-47,82,86H,6-7,12-13,18-19,24-25,30-31,33,35-36,39,42,45,48-81H2,1-5H3/p+1/b10-8-,11-9-,16-14-,17-15-,22-20-,23-21-,28-26-,29-27-,34-32-,38-37-,41-40-,44-43-,47-46-. The summed E-state index contributed by atoms with van der Waals surface area (Å²) < 4.78 is 23.0. The van der Waals surface area contributed by atoms with Crippen molar-refractivity contribution in [1.82, 2.24) is 0 Å². The Morgan fingerprint density at radius 3 is 0.842 bits per heavy atom. The molecule has 9 heteroatoms. The fraction of sp³-hybridized carbons (Fsp3) is 0.663. The van der Waals surface area contributed by atoms with E-state index in [0.29, 0.717) is 23.9 Å². The molecule has 0 heterocycles. The van der Waals surface area contributed by atoms with E-state index in [1.807, 2.05) is 21.1 Å². The Morgan fingerprint density at radius 2 is 0.568 bits per heavy atom. The molecule has 2 unspecified atom stereocenters. The van der Waals surface area contributed by atoms with Crippen molar-refractivity contribution >= 4 is 17.9 Å². The van der Waals surface area contributed by atoms with Crippen LogP contribution in [0.25, 0.3) is 0 Å². The topological polar surface area (TPSA) is 108 Å². The summed E-state index contributed by atoms with van der Waals surface area (Å²) in [4.78, 5) is 37.7. The lowest BCUT2D eigenvalue weighted by atomic mass is 10.0. The zero-order chi connectivity index (χ0) is 69.0. The van der Waals surface area contributed by atoms with Crippen molar-refractivity contribution in [3.05, 3.63) is 158 Å². The predicted octanol–water partition coefficient (Wildman–Crippen LogP) is 24.8. The van der Waals surface area contributed by atoms with Gasteiger partial charge in [0.2, 0.25) is 0 Å². The molecule has 0 aliphatic rings. The van der Waals surface area contributed by atoms with Gasteiger partial charge in [0.05, 0.1) is 34.4 Å². The van der Waals surface area contributed by atoms with E-state index in [-0.39, 0.29) is 32.2 Å². The maximum Gasteiger partial charge on any atom is 0.361 e. The summed E-state index contributed by atoms with van der Waals surface area (Å²) in [6.45, 7) is 4.66. The van der Waals surface area contributed by atoms with Gasteiger partial charge in [0, 0.05) is 12.8 Å². The van der Waals surface area contributed by atoms with E-state index in [2.05, 4.69) is 172 Å². The van der Waals surface area contributed by atoms with E-state index < -0.39 is 24.3 Å². The lowest BCUT2D eigenvalue weighted by Gasteiger charge is -2.25. The quantitative estimate of drug-likeness (QED) is 0.0211. The van der Waals surface area contributed by atoms with Gasteiger partial charge in [-0.05, 0) is 122 Å². The molecule has 0 aromatic carbocycles. The molecule has 0 saturated carbocycles. The number of carboxylic acids is 1. The fourth-order valence-electron chi connectivity index (χ4n) is 10.5. The van der Waals surface area contributed by atoms with Crippen molar-refractivity contribution in [3.8, 4) is 0 Å². The molecule has 1 N–H and O–H groups in total. The number of unbranched alkanes of at least 4 members (excludes halogenated alkanes) is 29. The van der Waals surface area contributed by atoms with Crippen molar-refractivity contribution < 1.29 is 42.9 Å². The highest BCUT2D eigenvalue weighted by molar-refractivity contribution is 5.71. The molecule has 9 nitrogen and oxygen atoms in total. The maximum atomic E-state index is 13.0. The normalized spacial score (nSPS) is 13.6. The largest absolute Gasteiger partial charge is 0.477 e. The highest BCUT2D eigenvalue weighted by Gasteiger charge is 2.25. The van der Waals surface area contributed by atoms with Crippen molar-refractivity contribution in [3.63, 3.8) is 0 Å². The number of ether oxygens (including phenoxy) is 4. The SMILES string of the molecule is CC/C=C\C/C=C\C/C=C\C/C=C\C/C=C\C/C=C\C/C=C\C/C=C\C/C=C\CCCCCCCCCCCCCCCC(=O)OC(COC(=O)CCCCCCCCCCCCCCCCCC/C=C\C/C=C\C/C=C\C/C=C\CC)COC(OCC[N+](C)(C)C)C(=O)O. The van der Waals surface area contributed by atoms with E-state index in [1.165, 1.54) is 154 Å². The van der Waals surface area contributed by atoms with Gasteiger partial charge < -0.3 is 28.5 Å². The molecule has 0 aromatic rings. The Morgan fingerprint density at radius 1 is 0.316 bits per heavy atom. The minimum Gasteiger partial charge on any atom is -0.477 e. The zero-order valence-corrected chi connectivity index (χ0v) is 61.8. The van der Waals surface area contributed by atoms with Crippen molar-refractivity contribution in [1.29, 1.82) is 0 Å².